The van der Waals surface area contributed by atoms with Gasteiger partial charge in [0.1, 0.15) is 11.6 Å². The van der Waals surface area contributed by atoms with Crippen molar-refractivity contribution in [3.05, 3.63) is 64.1 Å². The van der Waals surface area contributed by atoms with Crippen molar-refractivity contribution >= 4 is 39.3 Å². The quantitative estimate of drug-likeness (QED) is 0.625. The summed E-state index contributed by atoms with van der Waals surface area (Å²) in [7, 11) is 1.83. The van der Waals surface area contributed by atoms with Gasteiger partial charge in [0.05, 0.1) is 6.67 Å². The molecule has 2 aliphatic heterocycles. The second-order valence-corrected chi connectivity index (χ2v) is 10.9. The highest BCUT2D eigenvalue weighted by atomic mass is 79.9. The molecule has 35 heavy (non-hydrogen) atoms. The summed E-state index contributed by atoms with van der Waals surface area (Å²) in [5.74, 6) is -0.311. The number of benzene rings is 2. The fourth-order valence-electron chi connectivity index (χ4n) is 5.16. The van der Waals surface area contributed by atoms with E-state index in [2.05, 4.69) is 26.1 Å². The van der Waals surface area contributed by atoms with Crippen LogP contribution in [0.4, 0.5) is 5.69 Å². The summed E-state index contributed by atoms with van der Waals surface area (Å²) in [6.45, 7) is 7.26. The summed E-state index contributed by atoms with van der Waals surface area (Å²) < 4.78 is 0.962. The molecular formula is C27H33BrN4O3. The van der Waals surface area contributed by atoms with E-state index in [1.165, 1.54) is 0 Å². The molecule has 0 radical (unpaired) electrons. The minimum Gasteiger partial charge on any atom is -0.341 e. The molecule has 0 aromatic heterocycles. The highest BCUT2D eigenvalue weighted by Gasteiger charge is 2.53. The van der Waals surface area contributed by atoms with Crippen molar-refractivity contribution in [1.29, 1.82) is 0 Å². The van der Waals surface area contributed by atoms with Crippen molar-refractivity contribution in [3.63, 3.8) is 0 Å². The molecule has 186 valence electrons. The number of likely N-dealkylation sites (tertiary alicyclic amines) is 1. The molecule has 1 atom stereocenters. The Kier molecular flexibility index (Phi) is 7.22. The molecule has 8 heteroatoms. The van der Waals surface area contributed by atoms with Crippen LogP contribution in [0.15, 0.2) is 53.0 Å². The second kappa shape index (κ2) is 10.0. The Bertz CT molecular complexity index is 1130. The Balaban J connectivity index is 1.49. The van der Waals surface area contributed by atoms with Gasteiger partial charge in [-0.25, -0.2) is 0 Å². The third-order valence-electron chi connectivity index (χ3n) is 7.14. The number of carbonyl (C=O) groups is 3. The Morgan fingerprint density at radius 3 is 2.37 bits per heavy atom. The summed E-state index contributed by atoms with van der Waals surface area (Å²) in [6, 6.07) is 14.7. The van der Waals surface area contributed by atoms with E-state index < -0.39 is 11.6 Å². The first kappa shape index (κ1) is 25.2. The summed E-state index contributed by atoms with van der Waals surface area (Å²) in [4.78, 5) is 45.4. The maximum absolute atomic E-state index is 13.5. The predicted octanol–water partition coefficient (Wildman–Crippen LogP) is 3.81. The molecule has 2 aromatic carbocycles. The number of hydrogen-bond acceptors (Lipinski definition) is 4. The van der Waals surface area contributed by atoms with Crippen molar-refractivity contribution in [2.45, 2.75) is 45.2 Å². The van der Waals surface area contributed by atoms with E-state index in [4.69, 9.17) is 0 Å². The van der Waals surface area contributed by atoms with Crippen LogP contribution >= 0.6 is 15.9 Å². The highest BCUT2D eigenvalue weighted by Crippen LogP contribution is 2.39. The van der Waals surface area contributed by atoms with Crippen molar-refractivity contribution in [3.8, 4) is 0 Å². The minimum atomic E-state index is -0.662. The van der Waals surface area contributed by atoms with Crippen LogP contribution in [0.25, 0.3) is 0 Å². The van der Waals surface area contributed by atoms with Gasteiger partial charge in [-0.15, -0.1) is 0 Å². The Morgan fingerprint density at radius 2 is 1.74 bits per heavy atom. The molecule has 2 saturated heterocycles. The number of halogens is 1. The van der Waals surface area contributed by atoms with Crippen molar-refractivity contribution in [1.82, 2.24) is 15.1 Å². The lowest BCUT2D eigenvalue weighted by molar-refractivity contribution is -0.139. The fraction of sp³-hybridized carbons (Fsp3) is 0.444. The van der Waals surface area contributed by atoms with E-state index in [-0.39, 0.29) is 23.6 Å². The van der Waals surface area contributed by atoms with E-state index in [9.17, 15) is 14.4 Å². The Morgan fingerprint density at radius 1 is 1.06 bits per heavy atom. The van der Waals surface area contributed by atoms with Gasteiger partial charge >= 0.3 is 0 Å². The van der Waals surface area contributed by atoms with Crippen LogP contribution in [0.3, 0.4) is 0 Å². The molecule has 2 aromatic rings. The standard InChI is InChI=1S/C27H33BrN4O3/c1-18(2)23(29-24(33)20-8-5-7-19(3)15-20)25(34)31-13-11-27(12-14-31)26(35)30(4)17-32(27)22-10-6-9-21(28)16-22/h5-10,15-16,18,23H,11-14,17H2,1-4H3,(H,29,33)/t23-/m1/s1. The number of nitrogens with one attached hydrogen (secondary N) is 1. The van der Waals surface area contributed by atoms with E-state index in [1.807, 2.05) is 70.3 Å². The number of hydrogen-bond donors (Lipinski definition) is 1. The lowest BCUT2D eigenvalue weighted by Gasteiger charge is -2.44. The number of anilines is 1. The molecule has 4 rings (SSSR count). The number of aryl methyl sites for hydroxylation is 1. The molecule has 3 amide bonds. The molecule has 2 fully saturated rings. The zero-order valence-corrected chi connectivity index (χ0v) is 22.3. The molecule has 1 spiro atoms. The van der Waals surface area contributed by atoms with E-state index >= 15 is 0 Å². The van der Waals surface area contributed by atoms with Gasteiger partial charge in [-0.05, 0) is 56.0 Å². The van der Waals surface area contributed by atoms with Gasteiger partial charge < -0.3 is 20.0 Å². The number of likely N-dealkylation sites (N-methyl/N-ethyl adjacent to an activating group) is 1. The summed E-state index contributed by atoms with van der Waals surface area (Å²) in [6.07, 6.45) is 1.09. The zero-order chi connectivity index (χ0) is 25.3. The van der Waals surface area contributed by atoms with Gasteiger partial charge in [0.2, 0.25) is 11.8 Å². The third-order valence-corrected chi connectivity index (χ3v) is 7.63. The molecule has 0 aliphatic carbocycles. The number of amides is 3. The fourth-order valence-corrected chi connectivity index (χ4v) is 5.54. The Labute approximate surface area is 215 Å². The van der Waals surface area contributed by atoms with Crippen molar-refractivity contribution < 1.29 is 14.4 Å². The van der Waals surface area contributed by atoms with Crippen molar-refractivity contribution in [2.24, 2.45) is 5.92 Å². The SMILES string of the molecule is Cc1cccc(C(=O)N[C@@H](C(=O)N2CCC3(CC2)C(=O)N(C)CN3c2cccc(Br)c2)C(C)C)c1. The Hall–Kier alpha value is -2.87. The normalized spacial score (nSPS) is 18.3. The number of rotatable bonds is 5. The lowest BCUT2D eigenvalue weighted by Crippen LogP contribution is -2.60. The molecular weight excluding hydrogens is 508 g/mol. The maximum atomic E-state index is 13.5. The van der Waals surface area contributed by atoms with Crippen LogP contribution in [0, 0.1) is 12.8 Å². The van der Waals surface area contributed by atoms with Gasteiger partial charge in [0, 0.05) is 35.9 Å². The van der Waals surface area contributed by atoms with Crippen LogP contribution in [-0.4, -0.2) is 65.9 Å². The van der Waals surface area contributed by atoms with E-state index in [1.54, 1.807) is 15.9 Å². The van der Waals surface area contributed by atoms with Gasteiger partial charge in [-0.1, -0.05) is 53.5 Å². The van der Waals surface area contributed by atoms with Gasteiger partial charge in [0.25, 0.3) is 5.91 Å². The number of nitrogens with zero attached hydrogens (tertiary/aromatic N) is 3. The number of piperidine rings is 1. The van der Waals surface area contributed by atoms with Crippen LogP contribution in [0.5, 0.6) is 0 Å². The molecule has 1 N–H and O–H groups in total. The monoisotopic (exact) mass is 540 g/mol. The molecule has 0 unspecified atom stereocenters. The first-order chi connectivity index (χ1) is 16.6. The van der Waals surface area contributed by atoms with E-state index in [0.29, 0.717) is 38.2 Å². The zero-order valence-electron chi connectivity index (χ0n) is 20.8. The molecule has 0 bridgehead atoms. The average Bonchev–Trinajstić information content (AvgIpc) is 3.07. The number of carbonyl (C=O) groups excluding carboxylic acids is 3. The van der Waals surface area contributed by atoms with Crippen molar-refractivity contribution in [2.75, 3.05) is 31.7 Å². The smallest absolute Gasteiger partial charge is 0.251 e. The summed E-state index contributed by atoms with van der Waals surface area (Å²) >= 11 is 3.54. The average molecular weight is 541 g/mol. The van der Waals surface area contributed by atoms with Gasteiger partial charge in [0.15, 0.2) is 0 Å². The molecule has 2 aliphatic rings. The van der Waals surface area contributed by atoms with Crippen LogP contribution < -0.4 is 10.2 Å². The molecule has 2 heterocycles. The minimum absolute atomic E-state index is 0.0652. The second-order valence-electron chi connectivity index (χ2n) is 9.97. The van der Waals surface area contributed by atoms with Crippen LogP contribution in [0.1, 0.15) is 42.6 Å². The first-order valence-electron chi connectivity index (χ1n) is 12.1. The van der Waals surface area contributed by atoms with Gasteiger partial charge in [-0.3, -0.25) is 14.4 Å². The lowest BCUT2D eigenvalue weighted by atomic mass is 9.85. The summed E-state index contributed by atoms with van der Waals surface area (Å²) in [5, 5.41) is 2.95. The molecule has 0 saturated carbocycles. The molecule has 7 nitrogen and oxygen atoms in total. The third kappa shape index (κ3) is 4.94. The first-order valence-corrected chi connectivity index (χ1v) is 12.9. The van der Waals surface area contributed by atoms with Crippen LogP contribution in [-0.2, 0) is 9.59 Å². The highest BCUT2D eigenvalue weighted by molar-refractivity contribution is 9.10. The largest absolute Gasteiger partial charge is 0.341 e. The van der Waals surface area contributed by atoms with Gasteiger partial charge in [-0.2, -0.15) is 0 Å². The summed E-state index contributed by atoms with van der Waals surface area (Å²) in [5.41, 5.74) is 1.87. The maximum Gasteiger partial charge on any atom is 0.251 e. The topological polar surface area (TPSA) is 73.0 Å². The predicted molar refractivity (Wildman–Crippen MR) is 140 cm³/mol. The van der Waals surface area contributed by atoms with E-state index in [0.717, 1.165) is 15.7 Å². The van der Waals surface area contributed by atoms with Crippen LogP contribution in [0.2, 0.25) is 0 Å².